The van der Waals surface area contributed by atoms with Crippen LogP contribution in [0.2, 0.25) is 0 Å². The van der Waals surface area contributed by atoms with E-state index in [1.807, 2.05) is 60.7 Å². The molecule has 5 heteroatoms. The summed E-state index contributed by atoms with van der Waals surface area (Å²) in [6.45, 7) is 3.02. The van der Waals surface area contributed by atoms with Crippen molar-refractivity contribution in [2.45, 2.75) is 20.0 Å². The van der Waals surface area contributed by atoms with E-state index in [1.54, 1.807) is 13.8 Å². The van der Waals surface area contributed by atoms with E-state index in [-0.39, 0.29) is 25.2 Å². The Morgan fingerprint density at radius 3 is 1.92 bits per heavy atom. The van der Waals surface area contributed by atoms with Crippen LogP contribution < -0.4 is 5.32 Å². The Kier molecular flexibility index (Phi) is 6.31. The number of benzene rings is 2. The SMILES string of the molecule is CC(C)(CNC(=O)COC(c1ccccc1)c1ccccc1)C(=O)O. The van der Waals surface area contributed by atoms with Gasteiger partial charge in [0.25, 0.3) is 0 Å². The maximum Gasteiger partial charge on any atom is 0.310 e. The molecule has 2 aromatic rings. The number of hydrogen-bond donors (Lipinski definition) is 2. The molecular formula is C20H23NO4. The zero-order valence-electron chi connectivity index (χ0n) is 14.4. The fourth-order valence-corrected chi connectivity index (χ4v) is 2.25. The first-order chi connectivity index (χ1) is 11.9. The average molecular weight is 341 g/mol. The Balaban J connectivity index is 2.01. The normalized spacial score (nSPS) is 11.3. The van der Waals surface area contributed by atoms with Gasteiger partial charge >= 0.3 is 5.97 Å². The van der Waals surface area contributed by atoms with Crippen molar-refractivity contribution < 1.29 is 19.4 Å². The first kappa shape index (κ1) is 18.7. The first-order valence-corrected chi connectivity index (χ1v) is 8.12. The third-order valence-corrected chi connectivity index (χ3v) is 3.89. The molecule has 0 radical (unpaired) electrons. The Bertz CT molecular complexity index is 659. The van der Waals surface area contributed by atoms with Crippen LogP contribution in [0.1, 0.15) is 31.1 Å². The summed E-state index contributed by atoms with van der Waals surface area (Å²) >= 11 is 0. The molecule has 0 saturated carbocycles. The molecule has 0 aliphatic heterocycles. The summed E-state index contributed by atoms with van der Waals surface area (Å²) in [6.07, 6.45) is -0.361. The molecule has 0 heterocycles. The quantitative estimate of drug-likeness (QED) is 0.774. The highest BCUT2D eigenvalue weighted by atomic mass is 16.5. The van der Waals surface area contributed by atoms with Gasteiger partial charge in [0.2, 0.25) is 5.91 Å². The van der Waals surface area contributed by atoms with Crippen LogP contribution in [-0.2, 0) is 14.3 Å². The summed E-state index contributed by atoms with van der Waals surface area (Å²) in [5, 5.41) is 11.7. The molecule has 0 spiro atoms. The predicted octanol–water partition coefficient (Wildman–Crippen LogP) is 3.02. The lowest BCUT2D eigenvalue weighted by Gasteiger charge is -2.21. The van der Waals surface area contributed by atoms with Crippen molar-refractivity contribution in [2.24, 2.45) is 5.41 Å². The van der Waals surface area contributed by atoms with Crippen LogP contribution in [0.15, 0.2) is 60.7 Å². The number of ether oxygens (including phenoxy) is 1. The van der Waals surface area contributed by atoms with Crippen molar-refractivity contribution in [3.63, 3.8) is 0 Å². The largest absolute Gasteiger partial charge is 0.481 e. The average Bonchev–Trinajstić information content (AvgIpc) is 2.62. The lowest BCUT2D eigenvalue weighted by atomic mass is 9.94. The van der Waals surface area contributed by atoms with E-state index in [4.69, 9.17) is 9.84 Å². The molecule has 0 unspecified atom stereocenters. The highest BCUT2D eigenvalue weighted by Gasteiger charge is 2.27. The van der Waals surface area contributed by atoms with Gasteiger partial charge in [-0.3, -0.25) is 9.59 Å². The molecule has 0 atom stereocenters. The highest BCUT2D eigenvalue weighted by molar-refractivity contribution is 5.79. The van der Waals surface area contributed by atoms with Crippen molar-refractivity contribution in [3.05, 3.63) is 71.8 Å². The van der Waals surface area contributed by atoms with E-state index >= 15 is 0 Å². The van der Waals surface area contributed by atoms with Crippen LogP contribution in [0.3, 0.4) is 0 Å². The van der Waals surface area contributed by atoms with Gasteiger partial charge in [-0.05, 0) is 25.0 Å². The van der Waals surface area contributed by atoms with Crippen LogP contribution >= 0.6 is 0 Å². The third kappa shape index (κ3) is 5.43. The zero-order valence-corrected chi connectivity index (χ0v) is 14.4. The summed E-state index contributed by atoms with van der Waals surface area (Å²) in [4.78, 5) is 23.1. The van der Waals surface area contributed by atoms with Gasteiger partial charge in [-0.2, -0.15) is 0 Å². The molecule has 0 aliphatic carbocycles. The van der Waals surface area contributed by atoms with Crippen molar-refractivity contribution >= 4 is 11.9 Å². The number of carbonyl (C=O) groups is 2. The van der Waals surface area contributed by atoms with E-state index in [1.165, 1.54) is 0 Å². The second-order valence-corrected chi connectivity index (χ2v) is 6.48. The molecular weight excluding hydrogens is 318 g/mol. The van der Waals surface area contributed by atoms with Gasteiger partial charge in [-0.15, -0.1) is 0 Å². The van der Waals surface area contributed by atoms with Crippen molar-refractivity contribution in [2.75, 3.05) is 13.2 Å². The molecule has 132 valence electrons. The molecule has 2 N–H and O–H groups in total. The molecule has 0 bridgehead atoms. The first-order valence-electron chi connectivity index (χ1n) is 8.12. The molecule has 0 fully saturated rings. The van der Waals surface area contributed by atoms with E-state index in [9.17, 15) is 9.59 Å². The monoisotopic (exact) mass is 341 g/mol. The Morgan fingerprint density at radius 1 is 1.00 bits per heavy atom. The van der Waals surface area contributed by atoms with Gasteiger partial charge in [0.05, 0.1) is 5.41 Å². The van der Waals surface area contributed by atoms with Crippen LogP contribution in [0.5, 0.6) is 0 Å². The maximum atomic E-state index is 12.1. The smallest absolute Gasteiger partial charge is 0.310 e. The number of carboxylic acids is 1. The number of nitrogens with one attached hydrogen (secondary N) is 1. The summed E-state index contributed by atoms with van der Waals surface area (Å²) < 4.78 is 5.84. The minimum absolute atomic E-state index is 0.0475. The summed E-state index contributed by atoms with van der Waals surface area (Å²) in [5.74, 6) is -1.30. The van der Waals surface area contributed by atoms with Gasteiger partial charge in [0.15, 0.2) is 0 Å². The standard InChI is InChI=1S/C20H23NO4/c1-20(2,19(23)24)14-21-17(22)13-25-18(15-9-5-3-6-10-15)16-11-7-4-8-12-16/h3-12,18H,13-14H2,1-2H3,(H,21,22)(H,23,24). The van der Waals surface area contributed by atoms with E-state index < -0.39 is 11.4 Å². The van der Waals surface area contributed by atoms with Gasteiger partial charge in [0.1, 0.15) is 12.7 Å². The fraction of sp³-hybridized carbons (Fsp3) is 0.300. The maximum absolute atomic E-state index is 12.1. The lowest BCUT2D eigenvalue weighted by Crippen LogP contribution is -2.40. The summed E-state index contributed by atoms with van der Waals surface area (Å²) in [6, 6.07) is 19.3. The van der Waals surface area contributed by atoms with Crippen molar-refractivity contribution in [1.29, 1.82) is 0 Å². The van der Waals surface area contributed by atoms with Gasteiger partial charge in [-0.25, -0.2) is 0 Å². The fourth-order valence-electron chi connectivity index (χ4n) is 2.25. The number of hydrogen-bond acceptors (Lipinski definition) is 3. The topological polar surface area (TPSA) is 75.6 Å². The molecule has 2 rings (SSSR count). The van der Waals surface area contributed by atoms with Crippen LogP contribution in [0.25, 0.3) is 0 Å². The zero-order chi connectivity index (χ0) is 18.3. The summed E-state index contributed by atoms with van der Waals surface area (Å²) in [5.41, 5.74) is 0.883. The van der Waals surface area contributed by atoms with Crippen LogP contribution in [0.4, 0.5) is 0 Å². The van der Waals surface area contributed by atoms with Crippen LogP contribution in [0, 0.1) is 5.41 Å². The van der Waals surface area contributed by atoms with Crippen molar-refractivity contribution in [3.8, 4) is 0 Å². The van der Waals surface area contributed by atoms with Gasteiger partial charge in [0, 0.05) is 6.54 Å². The third-order valence-electron chi connectivity index (χ3n) is 3.89. The van der Waals surface area contributed by atoms with Crippen molar-refractivity contribution in [1.82, 2.24) is 5.32 Å². The van der Waals surface area contributed by atoms with Gasteiger partial charge in [-0.1, -0.05) is 60.7 Å². The van der Waals surface area contributed by atoms with Gasteiger partial charge < -0.3 is 15.2 Å². The number of carbonyl (C=O) groups excluding carboxylic acids is 1. The number of amides is 1. The minimum atomic E-state index is -1.02. The molecule has 25 heavy (non-hydrogen) atoms. The van der Waals surface area contributed by atoms with E-state index in [0.717, 1.165) is 11.1 Å². The predicted molar refractivity (Wildman–Crippen MR) is 95.1 cm³/mol. The highest BCUT2D eigenvalue weighted by Crippen LogP contribution is 2.25. The lowest BCUT2D eigenvalue weighted by molar-refractivity contribution is -0.147. The number of aliphatic carboxylic acids is 1. The Hall–Kier alpha value is -2.66. The molecule has 5 nitrogen and oxygen atoms in total. The Morgan fingerprint density at radius 2 is 1.48 bits per heavy atom. The second-order valence-electron chi connectivity index (χ2n) is 6.48. The number of rotatable bonds is 8. The van der Waals surface area contributed by atoms with E-state index in [2.05, 4.69) is 5.32 Å². The Labute approximate surface area is 147 Å². The number of carboxylic acid groups (broad SMARTS) is 1. The summed E-state index contributed by atoms with van der Waals surface area (Å²) in [7, 11) is 0. The van der Waals surface area contributed by atoms with Crippen LogP contribution in [-0.4, -0.2) is 30.1 Å². The minimum Gasteiger partial charge on any atom is -0.481 e. The molecule has 2 aromatic carbocycles. The molecule has 0 aromatic heterocycles. The van der Waals surface area contributed by atoms with E-state index in [0.29, 0.717) is 0 Å². The molecule has 1 amide bonds. The molecule has 0 saturated heterocycles. The molecule has 0 aliphatic rings. The second kappa shape index (κ2) is 8.44.